The van der Waals surface area contributed by atoms with Gasteiger partial charge < -0.3 is 15.4 Å². The Morgan fingerprint density at radius 3 is 2.50 bits per heavy atom. The van der Waals surface area contributed by atoms with Crippen molar-refractivity contribution in [2.75, 3.05) is 13.1 Å². The monoisotopic (exact) mass is 368 g/mol. The lowest BCUT2D eigenvalue weighted by atomic mass is 9.88. The number of nitrogens with two attached hydrogens (primary N) is 1. The third-order valence-electron chi connectivity index (χ3n) is 5.26. The van der Waals surface area contributed by atoms with E-state index in [-0.39, 0.29) is 5.91 Å². The lowest BCUT2D eigenvalue weighted by molar-refractivity contribution is 0.0713. The summed E-state index contributed by atoms with van der Waals surface area (Å²) in [5, 5.41) is 0.900. The highest BCUT2D eigenvalue weighted by molar-refractivity contribution is 6.83. The standard InChI is InChI=1S/C21H28N2O2Si/c1-26(2,25)20-8-4-7-19(14-20)21(24)23-11-9-17(10-12-23)18-6-3-5-16(13-18)15-22/h3-8,13-14,17,25H,9-12,15,22H2,1-2H3. The summed E-state index contributed by atoms with van der Waals surface area (Å²) in [5.74, 6) is 0.555. The largest absolute Gasteiger partial charge is 0.428 e. The van der Waals surface area contributed by atoms with Gasteiger partial charge in [0.25, 0.3) is 5.91 Å². The number of carbonyl (C=O) groups excluding carboxylic acids is 1. The minimum absolute atomic E-state index is 0.0688. The molecule has 1 aliphatic heterocycles. The first kappa shape index (κ1) is 18.8. The van der Waals surface area contributed by atoms with Gasteiger partial charge in [-0.1, -0.05) is 36.4 Å². The Morgan fingerprint density at radius 1 is 1.15 bits per heavy atom. The summed E-state index contributed by atoms with van der Waals surface area (Å²) in [6.45, 7) is 5.84. The van der Waals surface area contributed by atoms with Gasteiger partial charge in [-0.25, -0.2) is 0 Å². The number of carbonyl (C=O) groups is 1. The molecule has 0 bridgehead atoms. The summed E-state index contributed by atoms with van der Waals surface area (Å²) in [5.41, 5.74) is 8.92. The maximum atomic E-state index is 12.9. The van der Waals surface area contributed by atoms with Gasteiger partial charge in [0.1, 0.15) is 0 Å². The topological polar surface area (TPSA) is 66.6 Å². The zero-order valence-electron chi connectivity index (χ0n) is 15.6. The first-order valence-corrected chi connectivity index (χ1v) is 12.2. The Labute approximate surface area is 156 Å². The highest BCUT2D eigenvalue weighted by atomic mass is 28.4. The molecule has 0 atom stereocenters. The Kier molecular flexibility index (Phi) is 5.60. The highest BCUT2D eigenvalue weighted by Crippen LogP contribution is 2.29. The summed E-state index contributed by atoms with van der Waals surface area (Å²) < 4.78 is 0. The Balaban J connectivity index is 1.67. The molecular formula is C21H28N2O2Si. The van der Waals surface area contributed by atoms with Gasteiger partial charge in [-0.2, -0.15) is 0 Å². The van der Waals surface area contributed by atoms with Crippen molar-refractivity contribution in [3.05, 3.63) is 65.2 Å². The Hall–Kier alpha value is -1.95. The average Bonchev–Trinajstić information content (AvgIpc) is 2.67. The van der Waals surface area contributed by atoms with Gasteiger partial charge in [0, 0.05) is 25.2 Å². The highest BCUT2D eigenvalue weighted by Gasteiger charge is 2.26. The fourth-order valence-electron chi connectivity index (χ4n) is 3.61. The summed E-state index contributed by atoms with van der Waals surface area (Å²) in [6, 6.07) is 16.0. The molecule has 2 aromatic rings. The van der Waals surface area contributed by atoms with E-state index in [4.69, 9.17) is 5.73 Å². The van der Waals surface area contributed by atoms with E-state index in [1.807, 2.05) is 42.3 Å². The van der Waals surface area contributed by atoms with Gasteiger partial charge in [0.05, 0.1) is 0 Å². The molecule has 1 aliphatic rings. The van der Waals surface area contributed by atoms with Crippen LogP contribution in [0.5, 0.6) is 0 Å². The first-order chi connectivity index (χ1) is 12.4. The minimum Gasteiger partial charge on any atom is -0.428 e. The molecule has 138 valence electrons. The van der Waals surface area contributed by atoms with Crippen molar-refractivity contribution >= 4 is 19.4 Å². The fraction of sp³-hybridized carbons (Fsp3) is 0.381. The second kappa shape index (κ2) is 7.74. The van der Waals surface area contributed by atoms with Crippen LogP contribution >= 0.6 is 0 Å². The molecule has 1 amide bonds. The van der Waals surface area contributed by atoms with Crippen LogP contribution in [0.1, 0.15) is 40.2 Å². The van der Waals surface area contributed by atoms with E-state index in [0.29, 0.717) is 18.0 Å². The Bertz CT molecular complexity index is 778. The maximum Gasteiger partial charge on any atom is 0.253 e. The third-order valence-corrected chi connectivity index (χ3v) is 6.98. The number of nitrogens with zero attached hydrogens (tertiary/aromatic N) is 1. The lowest BCUT2D eigenvalue weighted by Gasteiger charge is -2.32. The summed E-state index contributed by atoms with van der Waals surface area (Å²) in [6.07, 6.45) is 1.94. The average molecular weight is 369 g/mol. The van der Waals surface area contributed by atoms with Crippen LogP contribution in [0.4, 0.5) is 0 Å². The minimum atomic E-state index is -2.41. The van der Waals surface area contributed by atoms with E-state index in [0.717, 1.165) is 36.7 Å². The number of hydrogen-bond acceptors (Lipinski definition) is 3. The van der Waals surface area contributed by atoms with Crippen molar-refractivity contribution < 1.29 is 9.59 Å². The molecule has 2 aromatic carbocycles. The van der Waals surface area contributed by atoms with Crippen LogP contribution in [0.2, 0.25) is 13.1 Å². The molecule has 0 aromatic heterocycles. The molecule has 4 nitrogen and oxygen atoms in total. The molecule has 0 unspecified atom stereocenters. The predicted molar refractivity (Wildman–Crippen MR) is 108 cm³/mol. The smallest absolute Gasteiger partial charge is 0.253 e. The number of benzene rings is 2. The third kappa shape index (κ3) is 4.23. The predicted octanol–water partition coefficient (Wildman–Crippen LogP) is 2.57. The van der Waals surface area contributed by atoms with E-state index >= 15 is 0 Å². The van der Waals surface area contributed by atoms with Crippen molar-refractivity contribution in [2.24, 2.45) is 5.73 Å². The molecule has 0 radical (unpaired) electrons. The molecule has 1 heterocycles. The normalized spacial score (nSPS) is 15.9. The van der Waals surface area contributed by atoms with Crippen molar-refractivity contribution in [1.29, 1.82) is 0 Å². The molecular weight excluding hydrogens is 340 g/mol. The molecule has 0 spiro atoms. The van der Waals surface area contributed by atoms with Gasteiger partial charge >= 0.3 is 0 Å². The molecule has 3 N–H and O–H groups in total. The van der Waals surface area contributed by atoms with Crippen LogP contribution in [0.25, 0.3) is 0 Å². The maximum absolute atomic E-state index is 12.9. The lowest BCUT2D eigenvalue weighted by Crippen LogP contribution is -2.43. The van der Waals surface area contributed by atoms with E-state index in [1.54, 1.807) is 0 Å². The van der Waals surface area contributed by atoms with E-state index in [1.165, 1.54) is 5.56 Å². The number of amides is 1. The molecule has 0 saturated carbocycles. The molecule has 0 aliphatic carbocycles. The Morgan fingerprint density at radius 2 is 1.85 bits per heavy atom. The van der Waals surface area contributed by atoms with Gasteiger partial charge in [0.15, 0.2) is 0 Å². The van der Waals surface area contributed by atoms with Crippen molar-refractivity contribution in [1.82, 2.24) is 4.90 Å². The molecule has 3 rings (SSSR count). The van der Waals surface area contributed by atoms with Crippen molar-refractivity contribution in [3.8, 4) is 0 Å². The van der Waals surface area contributed by atoms with Crippen LogP contribution in [0, 0.1) is 0 Å². The van der Waals surface area contributed by atoms with E-state index < -0.39 is 8.32 Å². The number of piperidine rings is 1. The van der Waals surface area contributed by atoms with Crippen molar-refractivity contribution in [3.63, 3.8) is 0 Å². The quantitative estimate of drug-likeness (QED) is 0.815. The van der Waals surface area contributed by atoms with Crippen LogP contribution in [-0.2, 0) is 6.54 Å². The van der Waals surface area contributed by atoms with Crippen molar-refractivity contribution in [2.45, 2.75) is 38.4 Å². The summed E-state index contributed by atoms with van der Waals surface area (Å²) in [4.78, 5) is 25.1. The molecule has 1 saturated heterocycles. The molecule has 1 fully saturated rings. The van der Waals surface area contributed by atoms with Crippen LogP contribution in [0.15, 0.2) is 48.5 Å². The fourth-order valence-corrected chi connectivity index (χ4v) is 4.62. The summed E-state index contributed by atoms with van der Waals surface area (Å²) >= 11 is 0. The zero-order chi connectivity index (χ0) is 18.7. The second-order valence-electron chi connectivity index (χ2n) is 7.66. The first-order valence-electron chi connectivity index (χ1n) is 9.29. The van der Waals surface area contributed by atoms with Gasteiger partial charge in [0.2, 0.25) is 8.32 Å². The van der Waals surface area contributed by atoms with Crippen LogP contribution in [0.3, 0.4) is 0 Å². The van der Waals surface area contributed by atoms with Gasteiger partial charge in [-0.3, -0.25) is 4.79 Å². The molecule has 5 heteroatoms. The van der Waals surface area contributed by atoms with Crippen LogP contribution in [-0.4, -0.2) is 37.0 Å². The number of rotatable bonds is 4. The summed E-state index contributed by atoms with van der Waals surface area (Å²) in [7, 11) is -2.41. The second-order valence-corrected chi connectivity index (χ2v) is 11.4. The SMILES string of the molecule is C[Si](C)(O)c1cccc(C(=O)N2CCC(c3cccc(CN)c3)CC2)c1. The zero-order valence-corrected chi connectivity index (χ0v) is 16.6. The van der Waals surface area contributed by atoms with E-state index in [9.17, 15) is 9.59 Å². The van der Waals surface area contributed by atoms with Crippen LogP contribution < -0.4 is 10.9 Å². The molecule has 26 heavy (non-hydrogen) atoms. The number of hydrogen-bond donors (Lipinski definition) is 2. The number of likely N-dealkylation sites (tertiary alicyclic amines) is 1. The van der Waals surface area contributed by atoms with Gasteiger partial charge in [-0.05, 0) is 60.3 Å². The van der Waals surface area contributed by atoms with E-state index in [2.05, 4.69) is 24.3 Å². The van der Waals surface area contributed by atoms with Gasteiger partial charge in [-0.15, -0.1) is 0 Å².